The maximum Gasteiger partial charge on any atom is 0.255 e. The average Bonchev–Trinajstić information content (AvgIpc) is 0.771. The molecule has 0 aromatic heterocycles. The van der Waals surface area contributed by atoms with Gasteiger partial charge >= 0.3 is 0 Å². The number of rotatable bonds is 14. The van der Waals surface area contributed by atoms with Gasteiger partial charge in [0.2, 0.25) is 0 Å². The molecular formula is C90H118N4O9. The molecule has 2 fully saturated rings. The molecule has 2 aliphatic heterocycles. The SMILES string of the molecule is COc1c2cc(C(C)(C)C)cc1Cc1cc(C(C)(C)C)cc(c1OC)Cc1cc(C(C)(C)C)cc(c1OC)Cc1cc(NC(=O)c3cccc(OC[C@@H]4CCN5CC[C@H](CO)N=C5N4)c3)cc(c1OCC1CCCCC1)Cc1cc(C(C)(C)C)cc(c1OC)Cc1cc(C(C)(C)C)cc(c1OC)C2. The maximum absolute atomic E-state index is 15.2. The van der Waals surface area contributed by atoms with Gasteiger partial charge in [0, 0.05) is 74.0 Å². The van der Waals surface area contributed by atoms with Crippen LogP contribution in [0.4, 0.5) is 5.69 Å². The van der Waals surface area contributed by atoms with Crippen LogP contribution in [0, 0.1) is 5.92 Å². The highest BCUT2D eigenvalue weighted by molar-refractivity contribution is 6.04. The van der Waals surface area contributed by atoms with Gasteiger partial charge in [-0.15, -0.1) is 0 Å². The second-order valence-electron chi connectivity index (χ2n) is 34.9. The lowest BCUT2D eigenvalue weighted by Gasteiger charge is -2.39. The van der Waals surface area contributed by atoms with Gasteiger partial charge in [-0.2, -0.15) is 0 Å². The van der Waals surface area contributed by atoms with Gasteiger partial charge in [0.05, 0.1) is 60.8 Å². The van der Waals surface area contributed by atoms with Crippen LogP contribution in [0.15, 0.2) is 102 Å². The van der Waals surface area contributed by atoms with Crippen LogP contribution in [0.2, 0.25) is 0 Å². The fourth-order valence-electron chi connectivity index (χ4n) is 15.6. The van der Waals surface area contributed by atoms with Crippen molar-refractivity contribution in [2.45, 2.75) is 226 Å². The van der Waals surface area contributed by atoms with Gasteiger partial charge in [-0.25, -0.2) is 4.99 Å². The van der Waals surface area contributed by atoms with Crippen molar-refractivity contribution in [1.82, 2.24) is 10.2 Å². The lowest BCUT2D eigenvalue weighted by atomic mass is 9.79. The number of nitrogens with one attached hydrogen (secondary N) is 2. The third-order valence-electron chi connectivity index (χ3n) is 21.7. The quantitative estimate of drug-likeness (QED) is 0.0958. The smallest absolute Gasteiger partial charge is 0.255 e. The minimum absolute atomic E-state index is 0.0132. The zero-order valence-corrected chi connectivity index (χ0v) is 65.8. The number of aliphatic imine (C=N–C) groups is 1. The first-order valence-electron chi connectivity index (χ1n) is 37.8. The van der Waals surface area contributed by atoms with Gasteiger partial charge in [0.25, 0.3) is 5.91 Å². The molecule has 12 bridgehead atoms. The van der Waals surface area contributed by atoms with Gasteiger partial charge in [0.1, 0.15) is 46.9 Å². The molecule has 7 aromatic rings. The molecule has 0 radical (unpaired) electrons. The maximum atomic E-state index is 15.2. The van der Waals surface area contributed by atoms with E-state index < -0.39 is 0 Å². The van der Waals surface area contributed by atoms with Crippen LogP contribution in [0.5, 0.6) is 40.2 Å². The Hall–Kier alpha value is -8.16. The molecule has 0 spiro atoms. The highest BCUT2D eigenvalue weighted by Crippen LogP contribution is 2.46. The largest absolute Gasteiger partial charge is 0.496 e. The van der Waals surface area contributed by atoms with E-state index in [9.17, 15) is 5.11 Å². The van der Waals surface area contributed by atoms with Crippen LogP contribution in [-0.4, -0.2) is 102 Å². The molecule has 1 saturated carbocycles. The number of anilines is 1. The van der Waals surface area contributed by atoms with Crippen molar-refractivity contribution in [1.29, 1.82) is 0 Å². The Morgan fingerprint density at radius 3 is 1.14 bits per heavy atom. The van der Waals surface area contributed by atoms with Crippen molar-refractivity contribution in [3.05, 3.63) is 197 Å². The highest BCUT2D eigenvalue weighted by atomic mass is 16.5. The molecule has 7 aromatic carbocycles. The van der Waals surface area contributed by atoms with Crippen LogP contribution >= 0.6 is 0 Å². The molecule has 2 aliphatic carbocycles. The van der Waals surface area contributed by atoms with E-state index in [1.54, 1.807) is 14.2 Å². The number of carbonyl (C=O) groups excluding carboxylic acids is 1. The summed E-state index contributed by atoms with van der Waals surface area (Å²) in [6.07, 6.45) is 10.5. The molecule has 2 atom stereocenters. The number of hydrogen-bond acceptors (Lipinski definition) is 12. The summed E-state index contributed by atoms with van der Waals surface area (Å²) in [4.78, 5) is 22.2. The Balaban J connectivity index is 1.15. The average molecular weight is 1400 g/mol. The number of guanidine groups is 1. The summed E-state index contributed by atoms with van der Waals surface area (Å²) in [5, 5.41) is 16.9. The highest BCUT2D eigenvalue weighted by Gasteiger charge is 2.33. The molecule has 103 heavy (non-hydrogen) atoms. The Kier molecular flexibility index (Phi) is 22.8. The van der Waals surface area contributed by atoms with E-state index >= 15 is 4.79 Å². The number of nitrogens with zero attached hydrogens (tertiary/aromatic N) is 2. The summed E-state index contributed by atoms with van der Waals surface area (Å²) in [5.41, 5.74) is 18.3. The fraction of sp³-hybridized carbons (Fsp3) is 0.511. The van der Waals surface area contributed by atoms with Crippen LogP contribution in [-0.2, 0) is 65.6 Å². The summed E-state index contributed by atoms with van der Waals surface area (Å²) >= 11 is 0. The molecule has 1 saturated heterocycles. The number of amides is 1. The standard InChI is InChI=1S/C90H118N4O9/c1-86(2,3)69-39-57-33-59-41-70(87(4,5)6)43-61(79(59)98-17)35-63-45-72(89(10,11)12)47-65(81(63)100-19)37-67-49-76(91-84(96)56-27-24-28-77(51-56)102-54-75-30-32-94-31-29-74(52-95)92-85(94)93-75)50-68(83(67)103-53-55-25-22-21-23-26-55)38-66-48-73(90(13,14)15)46-64(82(66)101-20)36-62-44-71(88(7,8)9)42-60(80(62)99-18)34-58(40-69)78(57)97-16/h24,27-28,39-51,55,74-75,95H,21-23,25-26,29-38,52-54H2,1-20H3,(H,91,96)(H,92,93)/t74-,75+/m1/s1. The summed E-state index contributed by atoms with van der Waals surface area (Å²) in [5.74, 6) is 6.45. The number of fused-ring (bicyclic) bond motifs is 13. The second-order valence-corrected chi connectivity index (χ2v) is 34.9. The van der Waals surface area contributed by atoms with Crippen molar-refractivity contribution in [2.24, 2.45) is 10.9 Å². The predicted molar refractivity (Wildman–Crippen MR) is 420 cm³/mol. The number of benzene rings is 7. The molecule has 0 unspecified atom stereocenters. The molecular weight excluding hydrogens is 1280 g/mol. The number of carbonyl (C=O) groups is 1. The van der Waals surface area contributed by atoms with E-state index in [1.165, 1.54) is 47.1 Å². The minimum Gasteiger partial charge on any atom is -0.496 e. The van der Waals surface area contributed by atoms with Crippen molar-refractivity contribution in [2.75, 3.05) is 73.8 Å². The Morgan fingerprint density at radius 2 is 0.796 bits per heavy atom. The molecule has 1 amide bonds. The van der Waals surface area contributed by atoms with E-state index in [4.69, 9.17) is 38.2 Å². The van der Waals surface area contributed by atoms with Gasteiger partial charge in [-0.3, -0.25) is 4.79 Å². The molecule has 4 aliphatic rings. The van der Waals surface area contributed by atoms with E-state index in [0.717, 1.165) is 146 Å². The molecule has 552 valence electrons. The fourth-order valence-corrected chi connectivity index (χ4v) is 15.6. The van der Waals surface area contributed by atoms with Crippen LogP contribution in [0.25, 0.3) is 0 Å². The molecule has 11 rings (SSSR count). The molecule has 3 N–H and O–H groups in total. The lowest BCUT2D eigenvalue weighted by molar-refractivity contribution is 0.102. The molecule has 13 heteroatoms. The van der Waals surface area contributed by atoms with Crippen molar-refractivity contribution < 1.29 is 43.1 Å². The molecule has 2 heterocycles. The minimum atomic E-state index is -0.267. The van der Waals surface area contributed by atoms with Gasteiger partial charge in [-0.05, 0) is 172 Å². The summed E-state index contributed by atoms with van der Waals surface area (Å²) in [7, 11) is 9.04. The summed E-state index contributed by atoms with van der Waals surface area (Å²) in [6.45, 7) is 37.0. The Bertz CT molecular complexity index is 4060. The Morgan fingerprint density at radius 1 is 0.447 bits per heavy atom. The van der Waals surface area contributed by atoms with E-state index in [0.29, 0.717) is 74.7 Å². The number of aliphatic hydroxyl groups is 1. The normalized spacial score (nSPS) is 17.0. The van der Waals surface area contributed by atoms with Crippen molar-refractivity contribution >= 4 is 17.6 Å². The lowest BCUT2D eigenvalue weighted by Crippen LogP contribution is -2.57. The van der Waals surface area contributed by atoms with Crippen LogP contribution in [0.1, 0.15) is 254 Å². The van der Waals surface area contributed by atoms with E-state index in [-0.39, 0.29) is 51.7 Å². The third kappa shape index (κ3) is 17.6. The number of hydrogen-bond donors (Lipinski definition) is 3. The zero-order valence-electron chi connectivity index (χ0n) is 65.8. The number of aliphatic hydroxyl groups excluding tert-OH is 1. The first-order valence-corrected chi connectivity index (χ1v) is 37.8. The van der Waals surface area contributed by atoms with Gasteiger partial charge < -0.3 is 53.8 Å². The second kappa shape index (κ2) is 30.9. The Labute approximate surface area is 616 Å². The summed E-state index contributed by atoms with van der Waals surface area (Å²) in [6, 6.07) is 35.1. The van der Waals surface area contributed by atoms with Gasteiger partial charge in [0.15, 0.2) is 5.96 Å². The van der Waals surface area contributed by atoms with Crippen molar-refractivity contribution in [3.8, 4) is 40.2 Å². The van der Waals surface area contributed by atoms with Crippen molar-refractivity contribution in [3.63, 3.8) is 0 Å². The number of methoxy groups -OCH3 is 5. The van der Waals surface area contributed by atoms with Crippen LogP contribution in [0.3, 0.4) is 0 Å². The first-order chi connectivity index (χ1) is 48.7. The first kappa shape index (κ1) is 76.0. The predicted octanol–water partition coefficient (Wildman–Crippen LogP) is 18.4. The van der Waals surface area contributed by atoms with E-state index in [1.807, 2.05) is 45.6 Å². The molecule has 13 nitrogen and oxygen atoms in total. The topological polar surface area (TPSA) is 142 Å². The summed E-state index contributed by atoms with van der Waals surface area (Å²) < 4.78 is 47.8. The number of ether oxygens (including phenoxy) is 7. The third-order valence-corrected chi connectivity index (χ3v) is 21.7. The zero-order chi connectivity index (χ0) is 74.1. The van der Waals surface area contributed by atoms with E-state index in [2.05, 4.69) is 192 Å². The monoisotopic (exact) mass is 1400 g/mol. The van der Waals surface area contributed by atoms with Gasteiger partial charge in [-0.1, -0.05) is 190 Å². The van der Waals surface area contributed by atoms with Crippen LogP contribution < -0.4 is 43.8 Å².